The minimum absolute atomic E-state index is 0.00236. The van der Waals surface area contributed by atoms with Crippen LogP contribution in [0.4, 0.5) is 0 Å². The van der Waals surface area contributed by atoms with Crippen molar-refractivity contribution in [1.29, 1.82) is 0 Å². The Kier molecular flexibility index (Phi) is 3.53. The zero-order valence-corrected chi connectivity index (χ0v) is 11.0. The van der Waals surface area contributed by atoms with Crippen LogP contribution in [0, 0.1) is 0 Å². The van der Waals surface area contributed by atoms with E-state index in [-0.39, 0.29) is 5.91 Å². The van der Waals surface area contributed by atoms with Crippen LogP contribution in [0.15, 0.2) is 42.0 Å². The van der Waals surface area contributed by atoms with Crippen molar-refractivity contribution in [3.8, 4) is 0 Å². The van der Waals surface area contributed by atoms with E-state index < -0.39 is 5.54 Å². The highest BCUT2D eigenvalue weighted by molar-refractivity contribution is 5.87. The lowest BCUT2D eigenvalue weighted by atomic mass is 9.91. The van der Waals surface area contributed by atoms with E-state index >= 15 is 0 Å². The van der Waals surface area contributed by atoms with Crippen LogP contribution >= 0.6 is 0 Å². The van der Waals surface area contributed by atoms with Crippen LogP contribution in [-0.4, -0.2) is 23.9 Å². The summed E-state index contributed by atoms with van der Waals surface area (Å²) in [5, 5.41) is 0. The van der Waals surface area contributed by atoms with Gasteiger partial charge in [-0.2, -0.15) is 0 Å². The summed E-state index contributed by atoms with van der Waals surface area (Å²) in [4.78, 5) is 14.3. The van der Waals surface area contributed by atoms with Gasteiger partial charge in [0.15, 0.2) is 0 Å². The summed E-state index contributed by atoms with van der Waals surface area (Å²) in [5.74, 6) is -0.00236. The molecule has 18 heavy (non-hydrogen) atoms. The van der Waals surface area contributed by atoms with Crippen LogP contribution in [0.2, 0.25) is 0 Å². The Morgan fingerprint density at radius 3 is 2.56 bits per heavy atom. The van der Waals surface area contributed by atoms with Gasteiger partial charge in [-0.25, -0.2) is 0 Å². The second-order valence-corrected chi connectivity index (χ2v) is 5.12. The highest BCUT2D eigenvalue weighted by Gasteiger charge is 2.34. The van der Waals surface area contributed by atoms with Gasteiger partial charge in [0.05, 0.1) is 0 Å². The maximum atomic E-state index is 12.5. The topological polar surface area (TPSA) is 46.3 Å². The van der Waals surface area contributed by atoms with Gasteiger partial charge in [-0.1, -0.05) is 42.0 Å². The molecule has 0 saturated heterocycles. The van der Waals surface area contributed by atoms with Crippen molar-refractivity contribution in [3.63, 3.8) is 0 Å². The highest BCUT2D eigenvalue weighted by Crippen LogP contribution is 2.22. The molecule has 3 heteroatoms. The number of rotatable bonds is 2. The van der Waals surface area contributed by atoms with E-state index in [0.717, 1.165) is 18.5 Å². The van der Waals surface area contributed by atoms with Gasteiger partial charge in [0, 0.05) is 13.1 Å². The van der Waals surface area contributed by atoms with Gasteiger partial charge in [0.25, 0.3) is 0 Å². The molecule has 1 aromatic rings. The average molecular weight is 244 g/mol. The smallest absolute Gasteiger partial charge is 0.247 e. The Morgan fingerprint density at radius 2 is 2.00 bits per heavy atom. The van der Waals surface area contributed by atoms with Crippen LogP contribution in [0.1, 0.15) is 25.8 Å². The van der Waals surface area contributed by atoms with Crippen molar-refractivity contribution in [1.82, 2.24) is 4.90 Å². The fourth-order valence-electron chi connectivity index (χ4n) is 2.19. The van der Waals surface area contributed by atoms with Crippen molar-refractivity contribution < 1.29 is 4.79 Å². The Morgan fingerprint density at radius 1 is 1.33 bits per heavy atom. The third kappa shape index (κ3) is 2.46. The lowest BCUT2D eigenvalue weighted by molar-refractivity contribution is -0.136. The van der Waals surface area contributed by atoms with E-state index in [1.54, 1.807) is 6.92 Å². The molecular formula is C15H20N2O. The van der Waals surface area contributed by atoms with E-state index in [9.17, 15) is 4.79 Å². The van der Waals surface area contributed by atoms with Gasteiger partial charge < -0.3 is 10.6 Å². The fraction of sp³-hybridized carbons (Fsp3) is 0.400. The quantitative estimate of drug-likeness (QED) is 0.809. The summed E-state index contributed by atoms with van der Waals surface area (Å²) in [7, 11) is 0. The van der Waals surface area contributed by atoms with E-state index in [4.69, 9.17) is 5.73 Å². The molecule has 1 atom stereocenters. The maximum absolute atomic E-state index is 12.5. The minimum atomic E-state index is -0.944. The van der Waals surface area contributed by atoms with Gasteiger partial charge >= 0.3 is 0 Å². The molecule has 1 aliphatic heterocycles. The first-order valence-corrected chi connectivity index (χ1v) is 6.31. The van der Waals surface area contributed by atoms with Crippen molar-refractivity contribution >= 4 is 5.91 Å². The lowest BCUT2D eigenvalue weighted by Crippen LogP contribution is -2.51. The third-order valence-electron chi connectivity index (χ3n) is 3.54. The van der Waals surface area contributed by atoms with Gasteiger partial charge in [-0.3, -0.25) is 4.79 Å². The molecule has 2 rings (SSSR count). The van der Waals surface area contributed by atoms with Gasteiger partial charge in [-0.05, 0) is 25.8 Å². The molecule has 0 aromatic heterocycles. The Labute approximate surface area is 108 Å². The molecule has 0 fully saturated rings. The second kappa shape index (κ2) is 4.94. The zero-order valence-electron chi connectivity index (χ0n) is 11.0. The Hall–Kier alpha value is -1.61. The molecule has 0 spiro atoms. The second-order valence-electron chi connectivity index (χ2n) is 5.12. The molecule has 0 bridgehead atoms. The van der Waals surface area contributed by atoms with Crippen LogP contribution in [-0.2, 0) is 10.3 Å². The summed E-state index contributed by atoms with van der Waals surface area (Å²) in [6.07, 6.45) is 3.04. The van der Waals surface area contributed by atoms with E-state index in [1.807, 2.05) is 35.2 Å². The van der Waals surface area contributed by atoms with Crippen molar-refractivity contribution in [3.05, 3.63) is 47.5 Å². The first-order valence-electron chi connectivity index (χ1n) is 6.31. The number of carbonyl (C=O) groups excluding carboxylic acids is 1. The molecule has 3 nitrogen and oxygen atoms in total. The first-order chi connectivity index (χ1) is 8.51. The largest absolute Gasteiger partial charge is 0.337 e. The van der Waals surface area contributed by atoms with Gasteiger partial charge in [-0.15, -0.1) is 0 Å². The molecule has 1 aliphatic rings. The number of nitrogens with two attached hydrogens (primary N) is 1. The van der Waals surface area contributed by atoms with Crippen molar-refractivity contribution in [2.75, 3.05) is 13.1 Å². The molecule has 1 heterocycles. The highest BCUT2D eigenvalue weighted by atomic mass is 16.2. The molecule has 0 saturated carbocycles. The lowest BCUT2D eigenvalue weighted by Gasteiger charge is -2.33. The predicted molar refractivity (Wildman–Crippen MR) is 72.9 cm³/mol. The molecule has 96 valence electrons. The summed E-state index contributed by atoms with van der Waals surface area (Å²) in [5.41, 5.74) is 7.50. The van der Waals surface area contributed by atoms with Crippen molar-refractivity contribution in [2.24, 2.45) is 5.73 Å². The number of benzene rings is 1. The van der Waals surface area contributed by atoms with E-state index in [0.29, 0.717) is 6.54 Å². The molecule has 1 amide bonds. The van der Waals surface area contributed by atoms with Crippen LogP contribution in [0.3, 0.4) is 0 Å². The first kappa shape index (κ1) is 12.8. The summed E-state index contributed by atoms with van der Waals surface area (Å²) in [6.45, 7) is 5.32. The molecule has 1 aromatic carbocycles. The van der Waals surface area contributed by atoms with Crippen LogP contribution in [0.5, 0.6) is 0 Å². The zero-order chi connectivity index (χ0) is 13.2. The minimum Gasteiger partial charge on any atom is -0.337 e. The summed E-state index contributed by atoms with van der Waals surface area (Å²) in [6, 6.07) is 9.56. The maximum Gasteiger partial charge on any atom is 0.247 e. The Bertz CT molecular complexity index is 463. The van der Waals surface area contributed by atoms with Crippen LogP contribution in [0.25, 0.3) is 0 Å². The monoisotopic (exact) mass is 244 g/mol. The van der Waals surface area contributed by atoms with Gasteiger partial charge in [0.2, 0.25) is 5.91 Å². The predicted octanol–water partition coefficient (Wildman–Crippen LogP) is 2.04. The number of nitrogens with zero attached hydrogens (tertiary/aromatic N) is 1. The summed E-state index contributed by atoms with van der Waals surface area (Å²) < 4.78 is 0. The number of carbonyl (C=O) groups is 1. The van der Waals surface area contributed by atoms with Gasteiger partial charge in [0.1, 0.15) is 5.54 Å². The molecule has 0 aliphatic carbocycles. The normalized spacial score (nSPS) is 19.1. The molecule has 1 unspecified atom stereocenters. The standard InChI is InChI=1S/C15H20N2O/c1-12-8-10-17(11-9-12)14(18)15(2,16)13-6-4-3-5-7-13/h3-8H,9-11,16H2,1-2H3. The Balaban J connectivity index is 2.18. The fourth-order valence-corrected chi connectivity index (χ4v) is 2.19. The van der Waals surface area contributed by atoms with E-state index in [2.05, 4.69) is 13.0 Å². The molecule has 2 N–H and O–H groups in total. The van der Waals surface area contributed by atoms with E-state index in [1.165, 1.54) is 5.57 Å². The molecular weight excluding hydrogens is 224 g/mol. The number of hydrogen-bond donors (Lipinski definition) is 1. The van der Waals surface area contributed by atoms with Crippen molar-refractivity contribution in [2.45, 2.75) is 25.8 Å². The summed E-state index contributed by atoms with van der Waals surface area (Å²) >= 11 is 0. The molecule has 0 radical (unpaired) electrons. The number of amides is 1. The van der Waals surface area contributed by atoms with Crippen LogP contribution < -0.4 is 5.73 Å². The SMILES string of the molecule is CC1=CCN(C(=O)C(C)(N)c2ccccc2)CC1. The third-order valence-corrected chi connectivity index (χ3v) is 3.54. The number of hydrogen-bond acceptors (Lipinski definition) is 2. The average Bonchev–Trinajstić information content (AvgIpc) is 2.40.